The Bertz CT molecular complexity index is 122. The van der Waals surface area contributed by atoms with Crippen LogP contribution in [0.2, 0.25) is 0 Å². The van der Waals surface area contributed by atoms with Gasteiger partial charge in [0.2, 0.25) is 0 Å². The number of rotatable bonds is 0. The SMILES string of the molecule is CC1C2C(C)C1(C)C2C. The van der Waals surface area contributed by atoms with E-state index in [2.05, 4.69) is 27.7 Å². The normalized spacial score (nSPS) is 70.7. The van der Waals surface area contributed by atoms with Gasteiger partial charge in [-0.25, -0.2) is 0 Å². The van der Waals surface area contributed by atoms with E-state index in [0.717, 1.165) is 29.1 Å². The van der Waals surface area contributed by atoms with Crippen LogP contribution in [0.1, 0.15) is 27.7 Å². The van der Waals surface area contributed by atoms with Crippen LogP contribution in [0.3, 0.4) is 0 Å². The van der Waals surface area contributed by atoms with Crippen LogP contribution in [0.15, 0.2) is 0 Å². The topological polar surface area (TPSA) is 0 Å². The molecule has 3 aliphatic rings. The summed E-state index contributed by atoms with van der Waals surface area (Å²) in [4.78, 5) is 0. The van der Waals surface area contributed by atoms with Gasteiger partial charge >= 0.3 is 0 Å². The number of hydrogen-bond donors (Lipinski definition) is 0. The summed E-state index contributed by atoms with van der Waals surface area (Å²) in [6.45, 7) is 9.67. The maximum absolute atomic E-state index is 2.45. The lowest BCUT2D eigenvalue weighted by Gasteiger charge is -2.76. The smallest absolute Gasteiger partial charge is 0.0240 e. The van der Waals surface area contributed by atoms with Gasteiger partial charge in [-0.05, 0) is 29.1 Å². The van der Waals surface area contributed by atoms with Crippen LogP contribution in [0.4, 0.5) is 0 Å². The molecule has 3 unspecified atom stereocenters. The third-order valence-electron chi connectivity index (χ3n) is 4.68. The molecule has 3 aliphatic carbocycles. The van der Waals surface area contributed by atoms with Gasteiger partial charge < -0.3 is 0 Å². The molecule has 0 N–H and O–H groups in total. The molecule has 0 aromatic rings. The zero-order valence-electron chi connectivity index (χ0n) is 6.81. The highest BCUT2D eigenvalue weighted by Crippen LogP contribution is 2.75. The van der Waals surface area contributed by atoms with Gasteiger partial charge in [0.25, 0.3) is 0 Å². The molecule has 0 radical (unpaired) electrons. The molecule has 9 heavy (non-hydrogen) atoms. The maximum atomic E-state index is 2.45. The van der Waals surface area contributed by atoms with Crippen molar-refractivity contribution in [2.45, 2.75) is 27.7 Å². The predicted octanol–water partition coefficient (Wildman–Crippen LogP) is 2.54. The van der Waals surface area contributed by atoms with Crippen LogP contribution < -0.4 is 0 Å². The van der Waals surface area contributed by atoms with E-state index >= 15 is 0 Å². The molecule has 0 aromatic carbocycles. The molecule has 0 aliphatic heterocycles. The second-order valence-electron chi connectivity index (χ2n) is 4.31. The van der Waals surface area contributed by atoms with Crippen LogP contribution in [0, 0.1) is 29.1 Å². The molecule has 0 heteroatoms. The van der Waals surface area contributed by atoms with E-state index in [0.29, 0.717) is 0 Å². The molecule has 0 spiro atoms. The van der Waals surface area contributed by atoms with E-state index in [4.69, 9.17) is 0 Å². The zero-order chi connectivity index (χ0) is 6.81. The summed E-state index contributed by atoms with van der Waals surface area (Å²) in [6, 6.07) is 0. The second kappa shape index (κ2) is 1.21. The molecule has 3 saturated carbocycles. The van der Waals surface area contributed by atoms with E-state index in [-0.39, 0.29) is 0 Å². The minimum Gasteiger partial charge on any atom is -0.0617 e. The first-order chi connectivity index (χ1) is 4.10. The van der Waals surface area contributed by atoms with Crippen molar-refractivity contribution < 1.29 is 0 Å². The maximum Gasteiger partial charge on any atom is -0.0240 e. The molecule has 0 aromatic heterocycles. The minimum absolute atomic E-state index is 0.741. The molecule has 0 nitrogen and oxygen atoms in total. The highest BCUT2D eigenvalue weighted by atomic mass is 14.7. The molecule has 52 valence electrons. The Morgan fingerprint density at radius 1 is 0.889 bits per heavy atom. The van der Waals surface area contributed by atoms with Gasteiger partial charge in [-0.15, -0.1) is 0 Å². The molecule has 0 heterocycles. The first-order valence-electron chi connectivity index (χ1n) is 4.10. The van der Waals surface area contributed by atoms with Crippen molar-refractivity contribution in [2.24, 2.45) is 29.1 Å². The van der Waals surface area contributed by atoms with Gasteiger partial charge in [0.15, 0.2) is 0 Å². The monoisotopic (exact) mass is 124 g/mol. The van der Waals surface area contributed by atoms with Crippen molar-refractivity contribution in [1.82, 2.24) is 0 Å². The van der Waals surface area contributed by atoms with Gasteiger partial charge in [0.1, 0.15) is 0 Å². The Hall–Kier alpha value is 0. The third kappa shape index (κ3) is 0.320. The number of hydrogen-bond acceptors (Lipinski definition) is 0. The molecule has 2 bridgehead atoms. The second-order valence-corrected chi connectivity index (χ2v) is 4.31. The van der Waals surface area contributed by atoms with Gasteiger partial charge in [-0.2, -0.15) is 0 Å². The Morgan fingerprint density at radius 3 is 1.22 bits per heavy atom. The zero-order valence-corrected chi connectivity index (χ0v) is 6.81. The predicted molar refractivity (Wildman–Crippen MR) is 39.1 cm³/mol. The average molecular weight is 124 g/mol. The van der Waals surface area contributed by atoms with E-state index < -0.39 is 0 Å². The van der Waals surface area contributed by atoms with Gasteiger partial charge in [-0.3, -0.25) is 0 Å². The Balaban J connectivity index is 2.21. The summed E-state index contributed by atoms with van der Waals surface area (Å²) in [5.74, 6) is 4.17. The van der Waals surface area contributed by atoms with Crippen molar-refractivity contribution in [3.05, 3.63) is 0 Å². The van der Waals surface area contributed by atoms with Gasteiger partial charge in [0.05, 0.1) is 0 Å². The first kappa shape index (κ1) is 5.76. The standard InChI is InChI=1S/C9H16/c1-5-8-6(2)9(5,4)7(8)3/h5-8H,1-4H3. The lowest BCUT2D eigenvalue weighted by atomic mass is 9.28. The molecule has 3 rings (SSSR count). The molecule has 3 atom stereocenters. The third-order valence-corrected chi connectivity index (χ3v) is 4.68. The first-order valence-corrected chi connectivity index (χ1v) is 4.10. The van der Waals surface area contributed by atoms with Gasteiger partial charge in [0, 0.05) is 0 Å². The Kier molecular flexibility index (Phi) is 0.774. The van der Waals surface area contributed by atoms with E-state index in [9.17, 15) is 0 Å². The fraction of sp³-hybridized carbons (Fsp3) is 1.00. The van der Waals surface area contributed by atoms with Crippen LogP contribution in [-0.2, 0) is 0 Å². The lowest BCUT2D eigenvalue weighted by Crippen LogP contribution is -2.72. The van der Waals surface area contributed by atoms with Crippen LogP contribution >= 0.6 is 0 Å². The fourth-order valence-corrected chi connectivity index (χ4v) is 3.43. The van der Waals surface area contributed by atoms with Crippen LogP contribution in [0.25, 0.3) is 0 Å². The van der Waals surface area contributed by atoms with Crippen molar-refractivity contribution in [3.8, 4) is 0 Å². The van der Waals surface area contributed by atoms with E-state index in [1.54, 1.807) is 0 Å². The summed E-state index contributed by atoms with van der Waals surface area (Å²) in [5.41, 5.74) is 0.741. The molecular weight excluding hydrogens is 108 g/mol. The van der Waals surface area contributed by atoms with E-state index in [1.807, 2.05) is 0 Å². The van der Waals surface area contributed by atoms with Crippen molar-refractivity contribution in [3.63, 3.8) is 0 Å². The molecule has 0 saturated heterocycles. The Morgan fingerprint density at radius 2 is 1.22 bits per heavy atom. The lowest BCUT2D eigenvalue weighted by molar-refractivity contribution is -0.291. The summed E-state index contributed by atoms with van der Waals surface area (Å²) in [7, 11) is 0. The van der Waals surface area contributed by atoms with Crippen LogP contribution in [-0.4, -0.2) is 0 Å². The summed E-state index contributed by atoms with van der Waals surface area (Å²) in [5, 5.41) is 0. The highest BCUT2D eigenvalue weighted by molar-refractivity contribution is 5.18. The quantitative estimate of drug-likeness (QED) is 0.465. The molecular formula is C9H16. The highest BCUT2D eigenvalue weighted by Gasteiger charge is 2.70. The van der Waals surface area contributed by atoms with Gasteiger partial charge in [-0.1, -0.05) is 27.7 Å². The largest absolute Gasteiger partial charge is 0.0617 e. The minimum atomic E-state index is 0.741. The summed E-state index contributed by atoms with van der Waals surface area (Å²) < 4.78 is 0. The van der Waals surface area contributed by atoms with E-state index in [1.165, 1.54) is 0 Å². The van der Waals surface area contributed by atoms with Crippen molar-refractivity contribution in [1.29, 1.82) is 0 Å². The van der Waals surface area contributed by atoms with Crippen molar-refractivity contribution in [2.75, 3.05) is 0 Å². The molecule has 3 fully saturated rings. The Labute approximate surface area is 57.6 Å². The van der Waals surface area contributed by atoms with Crippen LogP contribution in [0.5, 0.6) is 0 Å². The summed E-state index contributed by atoms with van der Waals surface area (Å²) in [6.07, 6.45) is 0. The summed E-state index contributed by atoms with van der Waals surface area (Å²) >= 11 is 0. The molecule has 0 amide bonds. The van der Waals surface area contributed by atoms with Crippen molar-refractivity contribution >= 4 is 0 Å². The fourth-order valence-electron chi connectivity index (χ4n) is 3.43. The average Bonchev–Trinajstić information content (AvgIpc) is 1.90.